The van der Waals surface area contributed by atoms with Gasteiger partial charge in [0.15, 0.2) is 5.15 Å². The standard InChI is InChI=1S/C11H13N3O3S2.C10H10ClN3O3S2/c1-7-6-12-10(11(13-7)17-3)14-19(15,16)9-5-4-8(2)18-9;1-6-3-4-8(18-6)19(15,16)14-9-10(17-2)13-7(11)5-12-9/h4-6H,1-3H3,(H,12,14);3-5H,1-2H3,(H,12,14). The molecule has 0 aliphatic heterocycles. The third-order valence-electron chi connectivity index (χ3n) is 4.38. The summed E-state index contributed by atoms with van der Waals surface area (Å²) < 4.78 is 63.6. The summed E-state index contributed by atoms with van der Waals surface area (Å²) in [5.74, 6) is 0.248. The first-order valence-electron chi connectivity index (χ1n) is 10.5. The summed E-state index contributed by atoms with van der Waals surface area (Å²) in [5, 5.41) is 0.117. The smallest absolute Gasteiger partial charge is 0.272 e. The molecule has 0 bridgehead atoms. The zero-order valence-electron chi connectivity index (χ0n) is 20.7. The van der Waals surface area contributed by atoms with Crippen LogP contribution >= 0.6 is 34.3 Å². The molecule has 0 aliphatic rings. The number of hydrogen-bond acceptors (Lipinski definition) is 12. The summed E-state index contributed by atoms with van der Waals surface area (Å²) in [7, 11) is -4.58. The highest BCUT2D eigenvalue weighted by molar-refractivity contribution is 7.95. The van der Waals surface area contributed by atoms with Crippen LogP contribution in [-0.4, -0.2) is 51.0 Å². The molecule has 38 heavy (non-hydrogen) atoms. The van der Waals surface area contributed by atoms with Crippen molar-refractivity contribution in [3.63, 3.8) is 0 Å². The maximum absolute atomic E-state index is 12.1. The molecule has 0 spiro atoms. The van der Waals surface area contributed by atoms with Crippen LogP contribution in [0.4, 0.5) is 11.6 Å². The van der Waals surface area contributed by atoms with Gasteiger partial charge in [0.2, 0.25) is 11.6 Å². The summed E-state index contributed by atoms with van der Waals surface area (Å²) >= 11 is 8.01. The summed E-state index contributed by atoms with van der Waals surface area (Å²) in [5.41, 5.74) is 0.645. The molecule has 0 fully saturated rings. The Bertz CT molecular complexity index is 1520. The van der Waals surface area contributed by atoms with Crippen molar-refractivity contribution >= 4 is 66.0 Å². The number of anilines is 2. The SMILES string of the molecule is COc1nc(C)cnc1NS(=O)(=O)c1ccc(C)s1.COc1nc(Cl)cnc1NS(=O)(=O)c1ccc(C)s1. The van der Waals surface area contributed by atoms with Crippen LogP contribution < -0.4 is 18.9 Å². The number of hydrogen-bond donors (Lipinski definition) is 2. The van der Waals surface area contributed by atoms with E-state index in [4.69, 9.17) is 21.1 Å². The number of thiophene rings is 2. The zero-order valence-corrected chi connectivity index (χ0v) is 24.7. The van der Waals surface area contributed by atoms with E-state index < -0.39 is 20.0 Å². The number of ether oxygens (including phenoxy) is 2. The summed E-state index contributed by atoms with van der Waals surface area (Å²) in [6, 6.07) is 6.55. The molecule has 0 amide bonds. The van der Waals surface area contributed by atoms with Crippen molar-refractivity contribution in [1.29, 1.82) is 0 Å². The van der Waals surface area contributed by atoms with Crippen LogP contribution in [0.1, 0.15) is 15.4 Å². The molecule has 4 rings (SSSR count). The largest absolute Gasteiger partial charge is 0.478 e. The highest BCUT2D eigenvalue weighted by atomic mass is 35.5. The normalized spacial score (nSPS) is 11.3. The fourth-order valence-corrected chi connectivity index (χ4v) is 7.41. The highest BCUT2D eigenvalue weighted by Crippen LogP contribution is 2.27. The average molecular weight is 619 g/mol. The Morgan fingerprint density at radius 1 is 0.737 bits per heavy atom. The van der Waals surface area contributed by atoms with E-state index in [9.17, 15) is 16.8 Å². The fraction of sp³-hybridized carbons (Fsp3) is 0.238. The van der Waals surface area contributed by atoms with E-state index in [-0.39, 0.29) is 37.0 Å². The highest BCUT2D eigenvalue weighted by Gasteiger charge is 2.21. The van der Waals surface area contributed by atoms with Gasteiger partial charge >= 0.3 is 0 Å². The second-order valence-electron chi connectivity index (χ2n) is 7.36. The first-order chi connectivity index (χ1) is 17.8. The number of nitrogens with one attached hydrogen (secondary N) is 2. The first kappa shape index (κ1) is 29.5. The van der Waals surface area contributed by atoms with Gasteiger partial charge in [-0.25, -0.2) is 31.8 Å². The average Bonchev–Trinajstić information content (AvgIpc) is 3.50. The topological polar surface area (TPSA) is 162 Å². The van der Waals surface area contributed by atoms with Gasteiger partial charge in [-0.2, -0.15) is 4.98 Å². The molecule has 0 radical (unpaired) electrons. The molecular formula is C21H23ClN6O6S4. The van der Waals surface area contributed by atoms with Gasteiger partial charge in [-0.15, -0.1) is 22.7 Å². The molecule has 2 N–H and O–H groups in total. The summed E-state index contributed by atoms with van der Waals surface area (Å²) in [6.07, 6.45) is 2.71. The fourth-order valence-electron chi connectivity index (χ4n) is 2.70. The van der Waals surface area contributed by atoms with Crippen LogP contribution in [0.3, 0.4) is 0 Å². The Morgan fingerprint density at radius 3 is 1.61 bits per heavy atom. The second kappa shape index (κ2) is 12.2. The Balaban J connectivity index is 0.000000211. The van der Waals surface area contributed by atoms with Crippen molar-refractivity contribution in [3.8, 4) is 11.8 Å². The number of methoxy groups -OCH3 is 2. The van der Waals surface area contributed by atoms with Gasteiger partial charge in [-0.05, 0) is 45.0 Å². The maximum atomic E-state index is 12.1. The van der Waals surface area contributed by atoms with Gasteiger partial charge in [0.05, 0.1) is 32.3 Å². The van der Waals surface area contributed by atoms with Crippen LogP contribution in [0.15, 0.2) is 45.1 Å². The van der Waals surface area contributed by atoms with Crippen LogP contribution in [0.25, 0.3) is 0 Å². The predicted octanol–water partition coefficient (Wildman–Crippen LogP) is 4.27. The Kier molecular flexibility index (Phi) is 9.48. The molecule has 12 nitrogen and oxygen atoms in total. The number of rotatable bonds is 8. The van der Waals surface area contributed by atoms with E-state index in [1.54, 1.807) is 25.1 Å². The van der Waals surface area contributed by atoms with E-state index in [0.29, 0.717) is 5.69 Å². The summed E-state index contributed by atoms with van der Waals surface area (Å²) in [4.78, 5) is 17.6. The molecule has 0 aromatic carbocycles. The minimum atomic E-state index is -3.70. The third kappa shape index (κ3) is 7.50. The molecule has 0 unspecified atom stereocenters. The van der Waals surface area contributed by atoms with Gasteiger partial charge in [0.25, 0.3) is 31.8 Å². The molecule has 0 atom stereocenters. The molecule has 4 aromatic heterocycles. The van der Waals surface area contributed by atoms with Gasteiger partial charge in [0.1, 0.15) is 8.42 Å². The van der Waals surface area contributed by atoms with E-state index in [1.165, 1.54) is 55.4 Å². The van der Waals surface area contributed by atoms with E-state index in [0.717, 1.165) is 9.75 Å². The van der Waals surface area contributed by atoms with Crippen LogP contribution in [0.2, 0.25) is 5.15 Å². The van der Waals surface area contributed by atoms with E-state index in [2.05, 4.69) is 29.4 Å². The molecule has 4 aromatic rings. The molecular weight excluding hydrogens is 596 g/mol. The van der Waals surface area contributed by atoms with Gasteiger partial charge in [-0.1, -0.05) is 11.6 Å². The summed E-state index contributed by atoms with van der Waals surface area (Å²) in [6.45, 7) is 5.42. The lowest BCUT2D eigenvalue weighted by molar-refractivity contribution is 0.397. The number of aryl methyl sites for hydroxylation is 3. The Labute approximate surface area is 233 Å². The lowest BCUT2D eigenvalue weighted by Gasteiger charge is -2.09. The first-order valence-corrected chi connectivity index (χ1v) is 15.4. The molecule has 17 heteroatoms. The van der Waals surface area contributed by atoms with Gasteiger partial charge < -0.3 is 9.47 Å². The van der Waals surface area contributed by atoms with Crippen molar-refractivity contribution < 1.29 is 26.3 Å². The number of sulfonamides is 2. The zero-order chi connectivity index (χ0) is 28.1. The molecule has 4 heterocycles. The minimum Gasteiger partial charge on any atom is -0.478 e. The maximum Gasteiger partial charge on any atom is 0.272 e. The minimum absolute atomic E-state index is 0.00190. The molecule has 204 valence electrons. The van der Waals surface area contributed by atoms with Crippen molar-refractivity contribution in [2.45, 2.75) is 29.2 Å². The van der Waals surface area contributed by atoms with Crippen molar-refractivity contribution in [1.82, 2.24) is 19.9 Å². The predicted molar refractivity (Wildman–Crippen MR) is 147 cm³/mol. The number of halogens is 1. The van der Waals surface area contributed by atoms with Gasteiger partial charge in [0, 0.05) is 9.75 Å². The second-order valence-corrected chi connectivity index (χ2v) is 14.1. The van der Waals surface area contributed by atoms with Crippen LogP contribution in [0, 0.1) is 20.8 Å². The lowest BCUT2D eigenvalue weighted by atomic mass is 10.5. The monoisotopic (exact) mass is 618 g/mol. The van der Waals surface area contributed by atoms with E-state index in [1.807, 2.05) is 13.8 Å². The van der Waals surface area contributed by atoms with E-state index >= 15 is 0 Å². The number of aromatic nitrogens is 4. The van der Waals surface area contributed by atoms with Crippen LogP contribution in [-0.2, 0) is 20.0 Å². The van der Waals surface area contributed by atoms with Crippen molar-refractivity contribution in [2.24, 2.45) is 0 Å². The molecule has 0 aliphatic carbocycles. The van der Waals surface area contributed by atoms with Gasteiger partial charge in [-0.3, -0.25) is 9.44 Å². The Morgan fingerprint density at radius 2 is 1.18 bits per heavy atom. The van der Waals surface area contributed by atoms with Crippen molar-refractivity contribution in [2.75, 3.05) is 23.7 Å². The van der Waals surface area contributed by atoms with Crippen LogP contribution in [0.5, 0.6) is 11.8 Å². The quantitative estimate of drug-likeness (QED) is 0.291. The third-order valence-corrected chi connectivity index (χ3v) is 10.2. The Hall–Kier alpha value is -3.05. The lowest BCUT2D eigenvalue weighted by Crippen LogP contribution is -2.14. The van der Waals surface area contributed by atoms with Crippen molar-refractivity contribution in [3.05, 3.63) is 57.3 Å². The molecule has 0 saturated heterocycles. The molecule has 0 saturated carbocycles. The number of nitrogens with zero attached hydrogens (tertiary/aromatic N) is 4.